The quantitative estimate of drug-likeness (QED) is 0.662. The van der Waals surface area contributed by atoms with Gasteiger partial charge in [-0.25, -0.2) is 5.43 Å². The van der Waals surface area contributed by atoms with Crippen LogP contribution in [0.2, 0.25) is 0 Å². The molecule has 2 bridgehead atoms. The van der Waals surface area contributed by atoms with E-state index >= 15 is 0 Å². The summed E-state index contributed by atoms with van der Waals surface area (Å²) in [4.78, 5) is 12.1. The topological polar surface area (TPSA) is 41.5 Å². The number of carbonyl (C=O) groups is 1. The summed E-state index contributed by atoms with van der Waals surface area (Å²) < 4.78 is 0. The van der Waals surface area contributed by atoms with Crippen molar-refractivity contribution in [3.63, 3.8) is 0 Å². The van der Waals surface area contributed by atoms with Crippen LogP contribution in [-0.4, -0.2) is 11.6 Å². The van der Waals surface area contributed by atoms with Gasteiger partial charge < -0.3 is 0 Å². The van der Waals surface area contributed by atoms with Gasteiger partial charge >= 0.3 is 0 Å². The van der Waals surface area contributed by atoms with Crippen LogP contribution in [0.3, 0.4) is 0 Å². The first-order valence-corrected chi connectivity index (χ1v) is 7.54. The highest BCUT2D eigenvalue weighted by molar-refractivity contribution is 5.95. The lowest BCUT2D eigenvalue weighted by atomic mass is 9.86. The zero-order valence-corrected chi connectivity index (χ0v) is 12.2. The summed E-state index contributed by atoms with van der Waals surface area (Å²) in [6, 6.07) is 7.60. The van der Waals surface area contributed by atoms with Crippen LogP contribution in [0.5, 0.6) is 0 Å². The van der Waals surface area contributed by atoms with Gasteiger partial charge in [-0.05, 0) is 57.1 Å². The molecule has 0 aliphatic heterocycles. The number of amides is 1. The molecule has 2 saturated carbocycles. The van der Waals surface area contributed by atoms with Crippen LogP contribution < -0.4 is 5.43 Å². The maximum Gasteiger partial charge on any atom is 0.271 e. The van der Waals surface area contributed by atoms with Gasteiger partial charge in [0, 0.05) is 17.2 Å². The molecule has 2 aliphatic rings. The Labute approximate surface area is 120 Å². The minimum atomic E-state index is -0.115. The Balaban J connectivity index is 1.63. The Bertz CT molecular complexity index is 550. The molecule has 1 amide bonds. The number of nitrogens with zero attached hydrogens (tertiary/aromatic N) is 1. The number of aryl methyl sites for hydroxylation is 1. The number of benzene rings is 1. The number of rotatable bonds is 3. The lowest BCUT2D eigenvalue weighted by molar-refractivity contribution is 0.0954. The molecule has 0 saturated heterocycles. The number of hydrazone groups is 1. The van der Waals surface area contributed by atoms with Gasteiger partial charge in [-0.3, -0.25) is 4.79 Å². The number of carbonyl (C=O) groups excluding carboxylic acids is 1. The van der Waals surface area contributed by atoms with E-state index in [1.165, 1.54) is 25.7 Å². The second kappa shape index (κ2) is 5.39. The smallest absolute Gasteiger partial charge is 0.267 e. The SMILES string of the molecule is C/C(=N\NC(=O)c1cccc(C)c1)C1CC2CCC1C2. The molecule has 0 heterocycles. The average Bonchev–Trinajstić information content (AvgIpc) is 3.07. The van der Waals surface area contributed by atoms with Gasteiger partial charge in [-0.15, -0.1) is 0 Å². The second-order valence-corrected chi connectivity index (χ2v) is 6.34. The minimum Gasteiger partial charge on any atom is -0.267 e. The molecule has 0 spiro atoms. The molecular weight excluding hydrogens is 248 g/mol. The van der Waals surface area contributed by atoms with Crippen LogP contribution in [0.4, 0.5) is 0 Å². The maximum atomic E-state index is 12.1. The Hall–Kier alpha value is -1.64. The Morgan fingerprint density at radius 2 is 2.15 bits per heavy atom. The zero-order valence-electron chi connectivity index (χ0n) is 12.2. The van der Waals surface area contributed by atoms with E-state index < -0.39 is 0 Å². The molecule has 3 atom stereocenters. The average molecular weight is 270 g/mol. The molecule has 3 nitrogen and oxygen atoms in total. The standard InChI is InChI=1S/C17H22N2O/c1-11-4-3-5-15(8-11)17(20)19-18-12(2)16-10-13-6-7-14(16)9-13/h3-5,8,13-14,16H,6-7,9-10H2,1-2H3,(H,19,20)/b18-12+. The molecule has 0 aromatic heterocycles. The van der Waals surface area contributed by atoms with Gasteiger partial charge in [0.2, 0.25) is 0 Å². The van der Waals surface area contributed by atoms with Gasteiger partial charge in [0.25, 0.3) is 5.91 Å². The molecule has 2 aliphatic carbocycles. The normalized spacial score (nSPS) is 28.7. The number of hydrogen-bond acceptors (Lipinski definition) is 2. The van der Waals surface area contributed by atoms with Crippen molar-refractivity contribution in [3.05, 3.63) is 35.4 Å². The van der Waals surface area contributed by atoms with Gasteiger partial charge in [0.05, 0.1) is 0 Å². The van der Waals surface area contributed by atoms with Crippen molar-refractivity contribution >= 4 is 11.6 Å². The molecule has 106 valence electrons. The Morgan fingerprint density at radius 3 is 2.80 bits per heavy atom. The monoisotopic (exact) mass is 270 g/mol. The molecular formula is C17H22N2O. The third kappa shape index (κ3) is 2.62. The molecule has 1 aromatic rings. The molecule has 2 fully saturated rings. The third-order valence-electron chi connectivity index (χ3n) is 4.89. The Kier molecular flexibility index (Phi) is 3.60. The zero-order chi connectivity index (χ0) is 14.1. The van der Waals surface area contributed by atoms with E-state index in [4.69, 9.17) is 0 Å². The lowest BCUT2D eigenvalue weighted by Gasteiger charge is -2.21. The van der Waals surface area contributed by atoms with Crippen molar-refractivity contribution in [2.75, 3.05) is 0 Å². The van der Waals surface area contributed by atoms with Gasteiger partial charge in [-0.1, -0.05) is 24.1 Å². The van der Waals surface area contributed by atoms with E-state index in [1.807, 2.05) is 31.2 Å². The summed E-state index contributed by atoms with van der Waals surface area (Å²) in [5.74, 6) is 2.19. The summed E-state index contributed by atoms with van der Waals surface area (Å²) in [5, 5.41) is 4.35. The van der Waals surface area contributed by atoms with Crippen LogP contribution in [0, 0.1) is 24.7 Å². The largest absolute Gasteiger partial charge is 0.271 e. The molecule has 20 heavy (non-hydrogen) atoms. The fraction of sp³-hybridized carbons (Fsp3) is 0.529. The van der Waals surface area contributed by atoms with E-state index in [9.17, 15) is 4.79 Å². The Morgan fingerprint density at radius 1 is 1.30 bits per heavy atom. The van der Waals surface area contributed by atoms with E-state index in [-0.39, 0.29) is 5.91 Å². The summed E-state index contributed by atoms with van der Waals surface area (Å²) in [6.45, 7) is 4.04. The van der Waals surface area contributed by atoms with Crippen molar-refractivity contribution in [2.45, 2.75) is 39.5 Å². The van der Waals surface area contributed by atoms with Gasteiger partial charge in [0.15, 0.2) is 0 Å². The van der Waals surface area contributed by atoms with Crippen LogP contribution in [0.15, 0.2) is 29.4 Å². The lowest BCUT2D eigenvalue weighted by Crippen LogP contribution is -2.24. The predicted octanol–water partition coefficient (Wildman–Crippen LogP) is 3.54. The fourth-order valence-corrected chi connectivity index (χ4v) is 3.83. The van der Waals surface area contributed by atoms with E-state index in [0.29, 0.717) is 11.5 Å². The van der Waals surface area contributed by atoms with Crippen LogP contribution >= 0.6 is 0 Å². The summed E-state index contributed by atoms with van der Waals surface area (Å²) in [5.41, 5.74) is 5.57. The minimum absolute atomic E-state index is 0.115. The first kappa shape index (κ1) is 13.3. The van der Waals surface area contributed by atoms with Crippen molar-refractivity contribution in [1.29, 1.82) is 0 Å². The van der Waals surface area contributed by atoms with Crippen molar-refractivity contribution < 1.29 is 4.79 Å². The van der Waals surface area contributed by atoms with E-state index in [2.05, 4.69) is 17.5 Å². The molecule has 1 aromatic carbocycles. The first-order valence-electron chi connectivity index (χ1n) is 7.54. The van der Waals surface area contributed by atoms with Crippen molar-refractivity contribution in [1.82, 2.24) is 5.43 Å². The van der Waals surface area contributed by atoms with Crippen LogP contribution in [-0.2, 0) is 0 Å². The number of fused-ring (bicyclic) bond motifs is 2. The van der Waals surface area contributed by atoms with E-state index in [0.717, 1.165) is 23.1 Å². The van der Waals surface area contributed by atoms with Crippen molar-refractivity contribution in [3.8, 4) is 0 Å². The van der Waals surface area contributed by atoms with Crippen molar-refractivity contribution in [2.24, 2.45) is 22.9 Å². The second-order valence-electron chi connectivity index (χ2n) is 6.34. The maximum absolute atomic E-state index is 12.1. The highest BCUT2D eigenvalue weighted by Crippen LogP contribution is 2.48. The summed E-state index contributed by atoms with van der Waals surface area (Å²) >= 11 is 0. The molecule has 0 radical (unpaired) electrons. The summed E-state index contributed by atoms with van der Waals surface area (Å²) in [7, 11) is 0. The van der Waals surface area contributed by atoms with Crippen LogP contribution in [0.1, 0.15) is 48.5 Å². The van der Waals surface area contributed by atoms with Crippen LogP contribution in [0.25, 0.3) is 0 Å². The fourth-order valence-electron chi connectivity index (χ4n) is 3.83. The molecule has 3 heteroatoms. The third-order valence-corrected chi connectivity index (χ3v) is 4.89. The predicted molar refractivity (Wildman–Crippen MR) is 80.7 cm³/mol. The highest BCUT2D eigenvalue weighted by Gasteiger charge is 2.40. The van der Waals surface area contributed by atoms with E-state index in [1.54, 1.807) is 0 Å². The highest BCUT2D eigenvalue weighted by atomic mass is 16.2. The molecule has 3 unspecified atom stereocenters. The molecule has 1 N–H and O–H groups in total. The van der Waals surface area contributed by atoms with Gasteiger partial charge in [-0.2, -0.15) is 5.10 Å². The molecule has 3 rings (SSSR count). The first-order chi connectivity index (χ1) is 9.63. The number of hydrogen-bond donors (Lipinski definition) is 1. The number of nitrogens with one attached hydrogen (secondary N) is 1. The summed E-state index contributed by atoms with van der Waals surface area (Å²) in [6.07, 6.45) is 5.36. The van der Waals surface area contributed by atoms with Gasteiger partial charge in [0.1, 0.15) is 0 Å².